The molecule has 6 nitrogen and oxygen atoms in total. The molecule has 0 rings (SSSR count). The maximum atomic E-state index is 5.48. The molecule has 0 amide bonds. The second-order valence-electron chi connectivity index (χ2n) is 3.10. The van der Waals surface area contributed by atoms with Gasteiger partial charge in [-0.1, -0.05) is 0 Å². The van der Waals surface area contributed by atoms with Crippen molar-refractivity contribution in [3.05, 3.63) is 0 Å². The predicted octanol–water partition coefficient (Wildman–Crippen LogP) is -2.45. The first-order chi connectivity index (χ1) is 5.95. The summed E-state index contributed by atoms with van der Waals surface area (Å²) >= 11 is 0. The van der Waals surface area contributed by atoms with E-state index in [9.17, 15) is 0 Å². The van der Waals surface area contributed by atoms with E-state index in [1.165, 1.54) is 0 Å². The molecule has 4 unspecified atom stereocenters. The first-order valence-electron chi connectivity index (χ1n) is 4.20. The smallest absolute Gasteiger partial charge is 0.397 e. The fraction of sp³-hybridized carbons (Fsp3) is 1.00. The summed E-state index contributed by atoms with van der Waals surface area (Å²) in [5, 5.41) is 0. The standard InChI is InChI=1S/C6H19BN4O2/c1-3(8)5(10)12-7-13-6(11)4(2)9/h3-7H,8-11H2,1-2H3. The molecule has 0 spiro atoms. The van der Waals surface area contributed by atoms with Crippen LogP contribution in [0.2, 0.25) is 0 Å². The molecule has 0 aliphatic carbocycles. The zero-order valence-corrected chi connectivity index (χ0v) is 8.14. The summed E-state index contributed by atoms with van der Waals surface area (Å²) in [5.41, 5.74) is 21.9. The van der Waals surface area contributed by atoms with Gasteiger partial charge < -0.3 is 32.2 Å². The Labute approximate surface area is 79.2 Å². The van der Waals surface area contributed by atoms with Crippen molar-refractivity contribution in [2.75, 3.05) is 0 Å². The van der Waals surface area contributed by atoms with Crippen LogP contribution in [0.3, 0.4) is 0 Å². The van der Waals surface area contributed by atoms with Gasteiger partial charge in [-0.2, -0.15) is 0 Å². The Morgan fingerprint density at radius 1 is 0.846 bits per heavy atom. The second kappa shape index (κ2) is 6.30. The molecule has 78 valence electrons. The van der Waals surface area contributed by atoms with Crippen molar-refractivity contribution in [3.8, 4) is 0 Å². The van der Waals surface area contributed by atoms with Gasteiger partial charge in [0, 0.05) is 12.1 Å². The molecule has 0 aliphatic rings. The lowest BCUT2D eigenvalue weighted by Crippen LogP contribution is -2.46. The largest absolute Gasteiger partial charge is 0.440 e. The van der Waals surface area contributed by atoms with Crippen molar-refractivity contribution in [1.29, 1.82) is 0 Å². The molecule has 0 aromatic carbocycles. The van der Waals surface area contributed by atoms with Crippen molar-refractivity contribution >= 4 is 7.69 Å². The minimum atomic E-state index is -0.541. The van der Waals surface area contributed by atoms with Crippen LogP contribution < -0.4 is 22.9 Å². The van der Waals surface area contributed by atoms with Crippen LogP contribution in [0.1, 0.15) is 13.8 Å². The number of hydrogen-bond acceptors (Lipinski definition) is 6. The van der Waals surface area contributed by atoms with Crippen molar-refractivity contribution in [3.63, 3.8) is 0 Å². The van der Waals surface area contributed by atoms with Gasteiger partial charge in [-0.05, 0) is 13.8 Å². The molecular formula is C6H19BN4O2. The van der Waals surface area contributed by atoms with Gasteiger partial charge in [0.05, 0.1) is 0 Å². The quantitative estimate of drug-likeness (QED) is 0.272. The lowest BCUT2D eigenvalue weighted by molar-refractivity contribution is 0.104. The fourth-order valence-corrected chi connectivity index (χ4v) is 0.500. The van der Waals surface area contributed by atoms with E-state index in [0.29, 0.717) is 0 Å². The van der Waals surface area contributed by atoms with Gasteiger partial charge in [0.15, 0.2) is 0 Å². The monoisotopic (exact) mass is 190 g/mol. The van der Waals surface area contributed by atoms with E-state index in [1.54, 1.807) is 13.8 Å². The molecule has 0 fully saturated rings. The Morgan fingerprint density at radius 2 is 1.15 bits per heavy atom. The predicted molar refractivity (Wildman–Crippen MR) is 52.6 cm³/mol. The SMILES string of the molecule is CC(N)C(N)OBOC(N)C(C)N. The first-order valence-corrected chi connectivity index (χ1v) is 4.20. The zero-order valence-electron chi connectivity index (χ0n) is 8.14. The Morgan fingerprint density at radius 3 is 1.38 bits per heavy atom. The molecule has 0 heterocycles. The first kappa shape index (κ1) is 12.8. The van der Waals surface area contributed by atoms with Gasteiger partial charge >= 0.3 is 7.69 Å². The number of hydrogen-bond donors (Lipinski definition) is 4. The van der Waals surface area contributed by atoms with E-state index < -0.39 is 12.5 Å². The maximum absolute atomic E-state index is 5.48. The highest BCUT2D eigenvalue weighted by molar-refractivity contribution is 6.18. The minimum absolute atomic E-state index is 0.00537. The topological polar surface area (TPSA) is 123 Å². The van der Waals surface area contributed by atoms with Crippen molar-refractivity contribution in [2.24, 2.45) is 22.9 Å². The highest BCUT2D eigenvalue weighted by atomic mass is 16.6. The summed E-state index contributed by atoms with van der Waals surface area (Å²) in [6.45, 7) is 3.49. The Kier molecular flexibility index (Phi) is 6.22. The minimum Gasteiger partial charge on any atom is -0.397 e. The Bertz CT molecular complexity index is 122. The van der Waals surface area contributed by atoms with E-state index in [1.807, 2.05) is 0 Å². The number of rotatable bonds is 6. The van der Waals surface area contributed by atoms with E-state index in [2.05, 4.69) is 0 Å². The van der Waals surface area contributed by atoms with E-state index in [0.717, 1.165) is 0 Å². The van der Waals surface area contributed by atoms with Gasteiger partial charge in [0.25, 0.3) is 0 Å². The van der Waals surface area contributed by atoms with Gasteiger partial charge in [-0.25, -0.2) is 0 Å². The van der Waals surface area contributed by atoms with Gasteiger partial charge in [-0.15, -0.1) is 0 Å². The molecule has 7 heteroatoms. The summed E-state index contributed by atoms with van der Waals surface area (Å²) in [4.78, 5) is 0. The second-order valence-corrected chi connectivity index (χ2v) is 3.10. The van der Waals surface area contributed by atoms with Gasteiger partial charge in [-0.3, -0.25) is 0 Å². The normalized spacial score (nSPS) is 20.5. The van der Waals surface area contributed by atoms with Crippen LogP contribution in [-0.2, 0) is 9.31 Å². The molecule has 0 bridgehead atoms. The summed E-state index contributed by atoms with van der Waals surface area (Å²) in [5.74, 6) is 0. The van der Waals surface area contributed by atoms with Crippen LogP contribution in [0.5, 0.6) is 0 Å². The Hall–Kier alpha value is -0.175. The summed E-state index contributed by atoms with van der Waals surface area (Å²) in [6, 6.07) is -0.481. The third kappa shape index (κ3) is 5.97. The van der Waals surface area contributed by atoms with Crippen LogP contribution in [0, 0.1) is 0 Å². The third-order valence-electron chi connectivity index (χ3n) is 1.56. The van der Waals surface area contributed by atoms with Crippen LogP contribution in [-0.4, -0.2) is 32.2 Å². The van der Waals surface area contributed by atoms with Crippen LogP contribution in [0.25, 0.3) is 0 Å². The van der Waals surface area contributed by atoms with Crippen molar-refractivity contribution in [1.82, 2.24) is 0 Å². The average Bonchev–Trinajstić information content (AvgIpc) is 2.03. The molecule has 0 aromatic rings. The fourth-order valence-electron chi connectivity index (χ4n) is 0.500. The summed E-state index contributed by atoms with van der Waals surface area (Å²) < 4.78 is 10.0. The third-order valence-corrected chi connectivity index (χ3v) is 1.56. The summed E-state index contributed by atoms with van der Waals surface area (Å²) in [7, 11) is 0.00537. The number of nitrogens with two attached hydrogens (primary N) is 4. The van der Waals surface area contributed by atoms with Gasteiger partial charge in [0.2, 0.25) is 0 Å². The van der Waals surface area contributed by atoms with Crippen molar-refractivity contribution < 1.29 is 9.31 Å². The van der Waals surface area contributed by atoms with E-state index >= 15 is 0 Å². The lowest BCUT2D eigenvalue weighted by atomic mass is 10.2. The summed E-state index contributed by atoms with van der Waals surface area (Å²) in [6.07, 6.45) is -1.08. The van der Waals surface area contributed by atoms with Crippen LogP contribution in [0.4, 0.5) is 0 Å². The molecule has 0 radical (unpaired) electrons. The highest BCUT2D eigenvalue weighted by Crippen LogP contribution is 1.91. The molecule has 0 saturated carbocycles. The molecular weight excluding hydrogens is 171 g/mol. The molecule has 4 atom stereocenters. The molecule has 8 N–H and O–H groups in total. The average molecular weight is 190 g/mol. The highest BCUT2D eigenvalue weighted by Gasteiger charge is 2.12. The molecule has 0 aliphatic heterocycles. The van der Waals surface area contributed by atoms with E-state index in [-0.39, 0.29) is 19.8 Å². The van der Waals surface area contributed by atoms with Crippen LogP contribution in [0.15, 0.2) is 0 Å². The van der Waals surface area contributed by atoms with Gasteiger partial charge in [0.1, 0.15) is 12.5 Å². The zero-order chi connectivity index (χ0) is 10.4. The maximum Gasteiger partial charge on any atom is 0.440 e. The molecule has 0 saturated heterocycles. The molecule has 0 aromatic heterocycles. The van der Waals surface area contributed by atoms with Crippen LogP contribution >= 0.6 is 0 Å². The molecule has 13 heavy (non-hydrogen) atoms. The van der Waals surface area contributed by atoms with E-state index in [4.69, 9.17) is 32.2 Å². The van der Waals surface area contributed by atoms with Crippen molar-refractivity contribution in [2.45, 2.75) is 38.4 Å². The lowest BCUT2D eigenvalue weighted by Gasteiger charge is -2.19. The Balaban J connectivity index is 3.45.